The number of ether oxygens (including phenoxy) is 1. The van der Waals surface area contributed by atoms with Gasteiger partial charge in [-0.25, -0.2) is 4.98 Å². The molecule has 1 amide bonds. The van der Waals surface area contributed by atoms with Crippen LogP contribution in [-0.2, 0) is 17.8 Å². The molecule has 0 bridgehead atoms. The quantitative estimate of drug-likeness (QED) is 0.525. The lowest BCUT2D eigenvalue weighted by molar-refractivity contribution is -0.121. The zero-order valence-corrected chi connectivity index (χ0v) is 18.0. The molecule has 1 N–H and O–H groups in total. The molecule has 3 rings (SSSR count). The zero-order chi connectivity index (χ0) is 21.3. The molecule has 0 aliphatic heterocycles. The average Bonchev–Trinajstić information content (AvgIpc) is 3.20. The summed E-state index contributed by atoms with van der Waals surface area (Å²) in [5.74, 6) is 1.94. The first-order valence-electron chi connectivity index (χ1n) is 9.83. The Morgan fingerprint density at radius 3 is 2.77 bits per heavy atom. The number of aromatic nitrogens is 1. The molecule has 0 saturated carbocycles. The summed E-state index contributed by atoms with van der Waals surface area (Å²) in [6.07, 6.45) is 2.41. The van der Waals surface area contributed by atoms with E-state index in [4.69, 9.17) is 20.8 Å². The molecule has 3 aromatic rings. The molecular weight excluding hydrogens is 402 g/mol. The fourth-order valence-electron chi connectivity index (χ4n) is 2.77. The first kappa shape index (κ1) is 21.9. The maximum Gasteiger partial charge on any atom is 0.220 e. The summed E-state index contributed by atoms with van der Waals surface area (Å²) in [6.45, 7) is 1.92. The van der Waals surface area contributed by atoms with Crippen molar-refractivity contribution >= 4 is 17.5 Å². The number of likely N-dealkylation sites (N-methyl/N-ethyl adjacent to an activating group) is 1. The monoisotopic (exact) mass is 427 g/mol. The van der Waals surface area contributed by atoms with Gasteiger partial charge >= 0.3 is 0 Å². The predicted molar refractivity (Wildman–Crippen MR) is 118 cm³/mol. The lowest BCUT2D eigenvalue weighted by atomic mass is 10.2. The van der Waals surface area contributed by atoms with E-state index < -0.39 is 0 Å². The number of carbonyl (C=O) groups is 1. The van der Waals surface area contributed by atoms with Crippen LogP contribution in [0.25, 0.3) is 11.3 Å². The summed E-state index contributed by atoms with van der Waals surface area (Å²) >= 11 is 5.91. The van der Waals surface area contributed by atoms with Crippen molar-refractivity contribution in [1.82, 2.24) is 15.2 Å². The van der Waals surface area contributed by atoms with E-state index in [9.17, 15) is 4.79 Å². The summed E-state index contributed by atoms with van der Waals surface area (Å²) in [4.78, 5) is 18.5. The van der Waals surface area contributed by atoms with Crippen molar-refractivity contribution in [2.24, 2.45) is 0 Å². The third-order valence-corrected chi connectivity index (χ3v) is 4.70. The Kier molecular flexibility index (Phi) is 7.88. The summed E-state index contributed by atoms with van der Waals surface area (Å²) in [5.41, 5.74) is 1.89. The van der Waals surface area contributed by atoms with E-state index in [0.29, 0.717) is 42.7 Å². The van der Waals surface area contributed by atoms with Gasteiger partial charge in [0, 0.05) is 36.5 Å². The van der Waals surface area contributed by atoms with Gasteiger partial charge in [-0.15, -0.1) is 0 Å². The Morgan fingerprint density at radius 1 is 1.20 bits per heavy atom. The van der Waals surface area contributed by atoms with Crippen molar-refractivity contribution in [2.45, 2.75) is 19.4 Å². The van der Waals surface area contributed by atoms with Crippen LogP contribution in [0, 0.1) is 0 Å². The predicted octanol–water partition coefficient (Wildman–Crippen LogP) is 4.18. The Balaban J connectivity index is 1.44. The first-order valence-corrected chi connectivity index (χ1v) is 10.2. The van der Waals surface area contributed by atoms with E-state index >= 15 is 0 Å². The van der Waals surface area contributed by atoms with Gasteiger partial charge in [-0.05, 0) is 56.1 Å². The minimum atomic E-state index is -0.0554. The van der Waals surface area contributed by atoms with Gasteiger partial charge in [0.15, 0.2) is 11.7 Å². The molecule has 1 aromatic heterocycles. The molecule has 0 fully saturated rings. The highest BCUT2D eigenvalue weighted by Crippen LogP contribution is 2.22. The van der Waals surface area contributed by atoms with Crippen molar-refractivity contribution < 1.29 is 13.9 Å². The van der Waals surface area contributed by atoms with Gasteiger partial charge in [-0.3, -0.25) is 4.79 Å². The fourth-order valence-corrected chi connectivity index (χ4v) is 2.90. The van der Waals surface area contributed by atoms with E-state index in [2.05, 4.69) is 15.2 Å². The van der Waals surface area contributed by atoms with Crippen molar-refractivity contribution in [3.05, 3.63) is 71.2 Å². The van der Waals surface area contributed by atoms with Crippen LogP contribution in [0.4, 0.5) is 0 Å². The second-order valence-electron chi connectivity index (χ2n) is 7.20. The second kappa shape index (κ2) is 10.8. The van der Waals surface area contributed by atoms with Gasteiger partial charge in [0.05, 0.1) is 6.20 Å². The number of amides is 1. The summed E-state index contributed by atoms with van der Waals surface area (Å²) in [5, 5.41) is 3.60. The number of halogens is 1. The largest absolute Gasteiger partial charge is 0.492 e. The molecule has 0 radical (unpaired) electrons. The van der Waals surface area contributed by atoms with E-state index in [1.807, 2.05) is 50.5 Å². The van der Waals surface area contributed by atoms with Crippen LogP contribution < -0.4 is 10.1 Å². The van der Waals surface area contributed by atoms with Crippen LogP contribution in [0.1, 0.15) is 17.9 Å². The van der Waals surface area contributed by atoms with Crippen molar-refractivity contribution in [3.8, 4) is 17.1 Å². The Morgan fingerprint density at radius 2 is 2.00 bits per heavy atom. The molecule has 158 valence electrons. The lowest BCUT2D eigenvalue weighted by Gasteiger charge is -2.12. The number of oxazole rings is 1. The summed E-state index contributed by atoms with van der Waals surface area (Å²) in [7, 11) is 4.01. The topological polar surface area (TPSA) is 67.6 Å². The molecule has 0 aliphatic carbocycles. The van der Waals surface area contributed by atoms with E-state index in [-0.39, 0.29) is 5.91 Å². The molecule has 6 nitrogen and oxygen atoms in total. The number of aryl methyl sites for hydroxylation is 1. The van der Waals surface area contributed by atoms with Crippen LogP contribution in [-0.4, -0.2) is 43.0 Å². The summed E-state index contributed by atoms with van der Waals surface area (Å²) < 4.78 is 11.5. The molecule has 0 aliphatic rings. The van der Waals surface area contributed by atoms with Gasteiger partial charge in [-0.1, -0.05) is 23.7 Å². The van der Waals surface area contributed by atoms with Crippen molar-refractivity contribution in [3.63, 3.8) is 0 Å². The Hall–Kier alpha value is -2.83. The minimum absolute atomic E-state index is 0.0554. The normalized spacial score (nSPS) is 10.9. The van der Waals surface area contributed by atoms with Crippen LogP contribution in [0.5, 0.6) is 5.75 Å². The summed E-state index contributed by atoms with van der Waals surface area (Å²) in [6, 6.07) is 15.1. The number of rotatable bonds is 10. The number of hydrogen-bond donors (Lipinski definition) is 1. The van der Waals surface area contributed by atoms with E-state index in [0.717, 1.165) is 23.4 Å². The van der Waals surface area contributed by atoms with E-state index in [1.54, 1.807) is 18.3 Å². The highest BCUT2D eigenvalue weighted by molar-refractivity contribution is 6.30. The molecule has 0 unspecified atom stereocenters. The van der Waals surface area contributed by atoms with Crippen molar-refractivity contribution in [2.75, 3.05) is 27.2 Å². The van der Waals surface area contributed by atoms with Crippen LogP contribution in [0.15, 0.2) is 59.1 Å². The van der Waals surface area contributed by atoms with Gasteiger partial charge in [0.2, 0.25) is 5.91 Å². The standard InChI is InChI=1S/C23H26ClN3O3/c1-27(2)12-13-29-20-5-3-4-17(14-20)15-25-22(28)10-11-23-26-16-21(30-23)18-6-8-19(24)9-7-18/h3-9,14,16H,10-13,15H2,1-2H3,(H,25,28). The molecule has 0 atom stereocenters. The molecule has 2 aromatic carbocycles. The molecule has 7 heteroatoms. The molecular formula is C23H26ClN3O3. The number of nitrogens with zero attached hydrogens (tertiary/aromatic N) is 2. The van der Waals surface area contributed by atoms with Crippen LogP contribution in [0.2, 0.25) is 5.02 Å². The number of nitrogens with one attached hydrogen (secondary N) is 1. The smallest absolute Gasteiger partial charge is 0.220 e. The van der Waals surface area contributed by atoms with Crippen LogP contribution in [0.3, 0.4) is 0 Å². The highest BCUT2D eigenvalue weighted by atomic mass is 35.5. The average molecular weight is 428 g/mol. The zero-order valence-electron chi connectivity index (χ0n) is 17.2. The molecule has 0 saturated heterocycles. The third kappa shape index (κ3) is 6.90. The number of hydrogen-bond acceptors (Lipinski definition) is 5. The lowest BCUT2D eigenvalue weighted by Crippen LogP contribution is -2.23. The van der Waals surface area contributed by atoms with Gasteiger partial charge < -0.3 is 19.4 Å². The molecule has 30 heavy (non-hydrogen) atoms. The fraction of sp³-hybridized carbons (Fsp3) is 0.304. The molecule has 0 spiro atoms. The van der Waals surface area contributed by atoms with Crippen molar-refractivity contribution in [1.29, 1.82) is 0 Å². The first-order chi connectivity index (χ1) is 14.5. The van der Waals surface area contributed by atoms with E-state index in [1.165, 1.54) is 0 Å². The maximum absolute atomic E-state index is 12.2. The SMILES string of the molecule is CN(C)CCOc1cccc(CNC(=O)CCc2ncc(-c3ccc(Cl)cc3)o2)c1. The number of benzene rings is 2. The number of carbonyl (C=O) groups excluding carboxylic acids is 1. The minimum Gasteiger partial charge on any atom is -0.492 e. The van der Waals surface area contributed by atoms with Crippen LogP contribution >= 0.6 is 11.6 Å². The maximum atomic E-state index is 12.2. The Bertz CT molecular complexity index is 954. The van der Waals surface area contributed by atoms with Gasteiger partial charge in [0.1, 0.15) is 12.4 Å². The molecule has 1 heterocycles. The Labute approximate surface area is 181 Å². The highest BCUT2D eigenvalue weighted by Gasteiger charge is 2.09. The van der Waals surface area contributed by atoms with Gasteiger partial charge in [0.25, 0.3) is 0 Å². The second-order valence-corrected chi connectivity index (χ2v) is 7.64. The third-order valence-electron chi connectivity index (χ3n) is 4.44. The van der Waals surface area contributed by atoms with Gasteiger partial charge in [-0.2, -0.15) is 0 Å².